The van der Waals surface area contributed by atoms with E-state index in [1.807, 2.05) is 17.0 Å². The fourth-order valence-corrected chi connectivity index (χ4v) is 4.38. The molecule has 2 fully saturated rings. The molecule has 1 aromatic carbocycles. The number of aromatic nitrogens is 2. The summed E-state index contributed by atoms with van der Waals surface area (Å²) in [5.74, 6) is 1.64. The number of benzene rings is 1. The number of amides is 2. The fraction of sp³-hybridized carbons (Fsp3) is 0.550. The zero-order valence-corrected chi connectivity index (χ0v) is 17.7. The topological polar surface area (TPSA) is 79.8 Å². The van der Waals surface area contributed by atoms with Gasteiger partial charge in [-0.05, 0) is 31.7 Å². The first-order valence-electron chi connectivity index (χ1n) is 9.96. The number of piperidine rings is 1. The Labute approximate surface area is 174 Å². The smallest absolute Gasteiger partial charge is 0.323 e. The van der Waals surface area contributed by atoms with Crippen LogP contribution in [0.3, 0.4) is 0 Å². The number of urea groups is 1. The van der Waals surface area contributed by atoms with Crippen molar-refractivity contribution < 1.29 is 14.3 Å². The van der Waals surface area contributed by atoms with Gasteiger partial charge >= 0.3 is 6.03 Å². The number of anilines is 1. The first-order chi connectivity index (χ1) is 14.2. The van der Waals surface area contributed by atoms with Crippen LogP contribution in [0, 0.1) is 0 Å². The maximum Gasteiger partial charge on any atom is 0.323 e. The van der Waals surface area contributed by atoms with Crippen molar-refractivity contribution in [2.45, 2.75) is 44.3 Å². The largest absolute Gasteiger partial charge is 0.497 e. The highest BCUT2D eigenvalue weighted by molar-refractivity contribution is 7.13. The molecule has 29 heavy (non-hydrogen) atoms. The zero-order valence-electron chi connectivity index (χ0n) is 16.8. The lowest BCUT2D eigenvalue weighted by atomic mass is 10.0. The molecule has 156 valence electrons. The number of hydrogen-bond donors (Lipinski definition) is 1. The number of nitrogens with one attached hydrogen (secondary N) is 1. The number of likely N-dealkylation sites (tertiary alicyclic amines) is 1. The molecule has 4 rings (SSSR count). The van der Waals surface area contributed by atoms with E-state index in [0.29, 0.717) is 17.2 Å². The van der Waals surface area contributed by atoms with Crippen LogP contribution in [0.5, 0.6) is 11.5 Å². The maximum absolute atomic E-state index is 12.6. The number of hydrogen-bond acceptors (Lipinski definition) is 7. The lowest BCUT2D eigenvalue weighted by molar-refractivity contribution is 0.100. The van der Waals surface area contributed by atoms with E-state index < -0.39 is 0 Å². The van der Waals surface area contributed by atoms with Crippen molar-refractivity contribution in [1.82, 2.24) is 20.0 Å². The van der Waals surface area contributed by atoms with E-state index in [2.05, 4.69) is 26.5 Å². The molecular weight excluding hydrogens is 390 g/mol. The van der Waals surface area contributed by atoms with E-state index in [4.69, 9.17) is 9.47 Å². The third kappa shape index (κ3) is 4.79. The van der Waals surface area contributed by atoms with Gasteiger partial charge in [-0.2, -0.15) is 0 Å². The van der Waals surface area contributed by atoms with Gasteiger partial charge in [0.05, 0.1) is 14.2 Å². The van der Waals surface area contributed by atoms with Crippen LogP contribution in [0.1, 0.15) is 31.2 Å². The molecule has 1 saturated heterocycles. The number of carbonyl (C=O) groups is 1. The number of ether oxygens (including phenoxy) is 2. The summed E-state index contributed by atoms with van der Waals surface area (Å²) in [6.07, 6.45) is 4.52. The Morgan fingerprint density at radius 1 is 1.28 bits per heavy atom. The van der Waals surface area contributed by atoms with Gasteiger partial charge in [-0.1, -0.05) is 17.4 Å². The minimum absolute atomic E-state index is 0.0933. The van der Waals surface area contributed by atoms with Crippen molar-refractivity contribution in [2.75, 3.05) is 32.6 Å². The van der Waals surface area contributed by atoms with Crippen LogP contribution in [0.4, 0.5) is 9.93 Å². The standard InChI is InChI=1S/C20H27N5O3S/c1-27-17-8-5-14(18(10-17)28-2)11-25(15-6-7-15)16-4-3-9-24(12-16)20(26)22-19-23-21-13-29-19/h5,8,10,13,15-16H,3-4,6-7,9,11-12H2,1-2H3,(H,22,23,26)/t16-/m1/s1. The van der Waals surface area contributed by atoms with Gasteiger partial charge in [-0.25, -0.2) is 4.79 Å². The Morgan fingerprint density at radius 2 is 2.14 bits per heavy atom. The van der Waals surface area contributed by atoms with Crippen molar-refractivity contribution in [2.24, 2.45) is 0 Å². The van der Waals surface area contributed by atoms with E-state index >= 15 is 0 Å². The summed E-state index contributed by atoms with van der Waals surface area (Å²) in [7, 11) is 3.36. The van der Waals surface area contributed by atoms with E-state index in [1.54, 1.807) is 19.7 Å². The quantitative estimate of drug-likeness (QED) is 0.745. The second kappa shape index (κ2) is 8.96. The van der Waals surface area contributed by atoms with Crippen LogP contribution < -0.4 is 14.8 Å². The molecule has 0 radical (unpaired) electrons. The van der Waals surface area contributed by atoms with E-state index in [0.717, 1.165) is 49.5 Å². The van der Waals surface area contributed by atoms with Crippen molar-refractivity contribution in [3.05, 3.63) is 29.3 Å². The van der Waals surface area contributed by atoms with Crippen molar-refractivity contribution in [3.63, 3.8) is 0 Å². The molecule has 1 saturated carbocycles. The first kappa shape index (κ1) is 19.9. The SMILES string of the molecule is COc1ccc(CN(C2CC2)[C@@H]2CCCN(C(=O)Nc3nncs3)C2)c(OC)c1. The lowest BCUT2D eigenvalue weighted by Gasteiger charge is -2.39. The van der Waals surface area contributed by atoms with Crippen LogP contribution >= 0.6 is 11.3 Å². The summed E-state index contributed by atoms with van der Waals surface area (Å²) >= 11 is 1.33. The molecule has 8 nitrogen and oxygen atoms in total. The molecule has 0 spiro atoms. The average molecular weight is 418 g/mol. The second-order valence-electron chi connectivity index (χ2n) is 7.50. The van der Waals surface area contributed by atoms with Crippen LogP contribution in [0.25, 0.3) is 0 Å². The van der Waals surface area contributed by atoms with Crippen molar-refractivity contribution in [3.8, 4) is 11.5 Å². The predicted molar refractivity (Wildman–Crippen MR) is 112 cm³/mol. The molecule has 1 aliphatic heterocycles. The summed E-state index contributed by atoms with van der Waals surface area (Å²) in [5, 5.41) is 11.1. The van der Waals surface area contributed by atoms with E-state index in [1.165, 1.54) is 24.2 Å². The maximum atomic E-state index is 12.6. The minimum atomic E-state index is -0.0933. The van der Waals surface area contributed by atoms with Gasteiger partial charge in [0.25, 0.3) is 0 Å². The molecule has 0 bridgehead atoms. The van der Waals surface area contributed by atoms with Gasteiger partial charge in [0.15, 0.2) is 0 Å². The zero-order chi connectivity index (χ0) is 20.2. The van der Waals surface area contributed by atoms with E-state index in [-0.39, 0.29) is 6.03 Å². The van der Waals surface area contributed by atoms with Crippen molar-refractivity contribution >= 4 is 22.5 Å². The van der Waals surface area contributed by atoms with Gasteiger partial charge in [-0.3, -0.25) is 10.2 Å². The molecule has 0 unspecified atom stereocenters. The molecule has 1 atom stereocenters. The molecular formula is C20H27N5O3S. The van der Waals surface area contributed by atoms with Gasteiger partial charge in [0, 0.05) is 43.3 Å². The Kier molecular flexibility index (Phi) is 6.15. The number of rotatable bonds is 7. The Balaban J connectivity index is 1.45. The Bertz CT molecular complexity index is 828. The molecule has 2 aliphatic rings. The summed E-state index contributed by atoms with van der Waals surface area (Å²) in [6.45, 7) is 2.31. The molecule has 2 amide bonds. The highest BCUT2D eigenvalue weighted by Crippen LogP contribution is 2.35. The summed E-state index contributed by atoms with van der Waals surface area (Å²) in [4.78, 5) is 17.1. The first-order valence-corrected chi connectivity index (χ1v) is 10.8. The van der Waals surface area contributed by atoms with Crippen LogP contribution in [-0.2, 0) is 6.54 Å². The fourth-order valence-electron chi connectivity index (χ4n) is 3.95. The normalized spacial score (nSPS) is 19.3. The van der Waals surface area contributed by atoms with Crippen LogP contribution in [0.15, 0.2) is 23.7 Å². The molecule has 1 N–H and O–H groups in total. The molecule has 1 aromatic heterocycles. The Hall–Kier alpha value is -2.39. The second-order valence-corrected chi connectivity index (χ2v) is 8.33. The Morgan fingerprint density at radius 3 is 2.83 bits per heavy atom. The van der Waals surface area contributed by atoms with Gasteiger partial charge < -0.3 is 14.4 Å². The average Bonchev–Trinajstić information content (AvgIpc) is 3.47. The summed E-state index contributed by atoms with van der Waals surface area (Å²) in [6, 6.07) is 6.82. The molecule has 9 heteroatoms. The number of methoxy groups -OCH3 is 2. The molecule has 2 heterocycles. The van der Waals surface area contributed by atoms with Gasteiger partial charge in [0.1, 0.15) is 17.0 Å². The van der Waals surface area contributed by atoms with Crippen LogP contribution in [0.2, 0.25) is 0 Å². The van der Waals surface area contributed by atoms with Gasteiger partial charge in [0.2, 0.25) is 5.13 Å². The monoisotopic (exact) mass is 417 g/mol. The molecule has 1 aliphatic carbocycles. The van der Waals surface area contributed by atoms with Crippen molar-refractivity contribution in [1.29, 1.82) is 0 Å². The van der Waals surface area contributed by atoms with E-state index in [9.17, 15) is 4.79 Å². The third-order valence-corrected chi connectivity index (χ3v) is 6.20. The highest BCUT2D eigenvalue weighted by atomic mass is 32.1. The van der Waals surface area contributed by atoms with Crippen LogP contribution in [-0.4, -0.2) is 65.4 Å². The minimum Gasteiger partial charge on any atom is -0.497 e. The predicted octanol–water partition coefficient (Wildman–Crippen LogP) is 3.22. The highest BCUT2D eigenvalue weighted by Gasteiger charge is 2.37. The number of carbonyl (C=O) groups excluding carboxylic acids is 1. The summed E-state index contributed by atoms with van der Waals surface area (Å²) < 4.78 is 10.9. The third-order valence-electron chi connectivity index (χ3n) is 5.59. The lowest BCUT2D eigenvalue weighted by Crippen LogP contribution is -2.51. The summed E-state index contributed by atoms with van der Waals surface area (Å²) in [5.41, 5.74) is 2.77. The van der Waals surface area contributed by atoms with Gasteiger partial charge in [-0.15, -0.1) is 10.2 Å². The molecule has 2 aromatic rings. The number of nitrogens with zero attached hydrogens (tertiary/aromatic N) is 4.